The Hall–Kier alpha value is -0.0500. The van der Waals surface area contributed by atoms with Gasteiger partial charge in [-0.2, -0.15) is 0 Å². The molecule has 3 heteroatoms. The summed E-state index contributed by atoms with van der Waals surface area (Å²) in [7, 11) is 0. The molecule has 0 fully saturated rings. The van der Waals surface area contributed by atoms with Gasteiger partial charge in [0.05, 0.1) is 6.10 Å². The zero-order valence-corrected chi connectivity index (χ0v) is 8.64. The first kappa shape index (κ1) is 8.54. The average Bonchev–Trinajstić information content (AvgIpc) is 2.32. The zero-order chi connectivity index (χ0) is 8.72. The summed E-state index contributed by atoms with van der Waals surface area (Å²) in [5.41, 5.74) is 2.04. The second-order valence-electron chi connectivity index (χ2n) is 2.97. The smallest absolute Gasteiger partial charge is 0.0921 e. The van der Waals surface area contributed by atoms with E-state index in [1.807, 2.05) is 18.2 Å². The maximum atomic E-state index is 9.67. The van der Waals surface area contributed by atoms with Gasteiger partial charge in [-0.15, -0.1) is 0 Å². The van der Waals surface area contributed by atoms with Crippen LogP contribution in [0, 0.1) is 0 Å². The van der Waals surface area contributed by atoms with Crippen molar-refractivity contribution in [3.8, 4) is 0 Å². The normalized spacial score (nSPS) is 27.2. The molecule has 1 nitrogen and oxygen atoms in total. The van der Waals surface area contributed by atoms with E-state index in [9.17, 15) is 5.11 Å². The van der Waals surface area contributed by atoms with E-state index in [2.05, 4.69) is 15.9 Å². The van der Waals surface area contributed by atoms with E-state index in [0.717, 1.165) is 22.6 Å². The fraction of sp³-hybridized carbons (Fsp3) is 0.333. The first-order valence-corrected chi connectivity index (χ1v) is 5.09. The van der Waals surface area contributed by atoms with Crippen molar-refractivity contribution < 1.29 is 5.11 Å². The molecule has 2 atom stereocenters. The molecule has 1 N–H and O–H groups in total. The minimum Gasteiger partial charge on any atom is -0.387 e. The molecule has 0 saturated carbocycles. The Morgan fingerprint density at radius 3 is 2.92 bits per heavy atom. The van der Waals surface area contributed by atoms with E-state index in [-0.39, 0.29) is 4.83 Å². The SMILES string of the molecule is OC1c2cccc(Cl)c2CC1Br. The minimum atomic E-state index is -0.404. The van der Waals surface area contributed by atoms with E-state index in [1.165, 1.54) is 0 Å². The Morgan fingerprint density at radius 2 is 2.25 bits per heavy atom. The number of alkyl halides is 1. The maximum Gasteiger partial charge on any atom is 0.0921 e. The van der Waals surface area contributed by atoms with Gasteiger partial charge in [0.25, 0.3) is 0 Å². The third kappa shape index (κ3) is 1.18. The van der Waals surface area contributed by atoms with Gasteiger partial charge in [0.1, 0.15) is 0 Å². The summed E-state index contributed by atoms with van der Waals surface area (Å²) in [5.74, 6) is 0. The number of aliphatic hydroxyl groups is 1. The van der Waals surface area contributed by atoms with Crippen molar-refractivity contribution in [1.82, 2.24) is 0 Å². The van der Waals surface area contributed by atoms with Gasteiger partial charge in [-0.25, -0.2) is 0 Å². The van der Waals surface area contributed by atoms with E-state index >= 15 is 0 Å². The van der Waals surface area contributed by atoms with Crippen LogP contribution >= 0.6 is 27.5 Å². The monoisotopic (exact) mass is 246 g/mol. The highest BCUT2D eigenvalue weighted by Crippen LogP contribution is 2.38. The maximum absolute atomic E-state index is 9.67. The molecule has 64 valence electrons. The van der Waals surface area contributed by atoms with Gasteiger partial charge < -0.3 is 5.11 Å². The summed E-state index contributed by atoms with van der Waals surface area (Å²) in [6, 6.07) is 5.65. The summed E-state index contributed by atoms with van der Waals surface area (Å²) < 4.78 is 0. The largest absolute Gasteiger partial charge is 0.387 e. The summed E-state index contributed by atoms with van der Waals surface area (Å²) in [4.78, 5) is 0.118. The van der Waals surface area contributed by atoms with Crippen LogP contribution in [0.3, 0.4) is 0 Å². The van der Waals surface area contributed by atoms with Crippen LogP contribution < -0.4 is 0 Å². The molecule has 0 aliphatic heterocycles. The molecular formula is C9H8BrClO. The number of halogens is 2. The average molecular weight is 248 g/mol. The first-order valence-electron chi connectivity index (χ1n) is 3.79. The van der Waals surface area contributed by atoms with Crippen LogP contribution in [0.5, 0.6) is 0 Å². The van der Waals surface area contributed by atoms with Gasteiger partial charge in [-0.1, -0.05) is 39.7 Å². The van der Waals surface area contributed by atoms with Crippen molar-refractivity contribution >= 4 is 27.5 Å². The number of hydrogen-bond acceptors (Lipinski definition) is 1. The predicted molar refractivity (Wildman–Crippen MR) is 52.8 cm³/mol. The topological polar surface area (TPSA) is 20.2 Å². The Labute approximate surface area is 84.5 Å². The Morgan fingerprint density at radius 1 is 1.50 bits per heavy atom. The molecule has 0 radical (unpaired) electrons. The number of aliphatic hydroxyl groups excluding tert-OH is 1. The van der Waals surface area contributed by atoms with Crippen LogP contribution in [0.25, 0.3) is 0 Å². The van der Waals surface area contributed by atoms with E-state index in [1.54, 1.807) is 0 Å². The molecule has 12 heavy (non-hydrogen) atoms. The quantitative estimate of drug-likeness (QED) is 0.699. The van der Waals surface area contributed by atoms with Crippen LogP contribution in [-0.4, -0.2) is 9.93 Å². The molecule has 1 aliphatic carbocycles. The highest BCUT2D eigenvalue weighted by Gasteiger charge is 2.29. The van der Waals surface area contributed by atoms with Gasteiger partial charge in [0, 0.05) is 9.85 Å². The van der Waals surface area contributed by atoms with Crippen LogP contribution in [0.15, 0.2) is 18.2 Å². The molecule has 1 aromatic rings. The molecule has 2 rings (SSSR count). The highest BCUT2D eigenvalue weighted by atomic mass is 79.9. The molecule has 0 saturated heterocycles. The standard InChI is InChI=1S/C9H8BrClO/c10-7-4-6-5(9(7)12)2-1-3-8(6)11/h1-3,7,9,12H,4H2. The Kier molecular flexibility index (Phi) is 2.15. The van der Waals surface area contributed by atoms with Gasteiger partial charge in [-0.05, 0) is 23.6 Å². The van der Waals surface area contributed by atoms with Crippen molar-refractivity contribution in [3.05, 3.63) is 34.3 Å². The Balaban J connectivity index is 2.53. The molecule has 0 aromatic heterocycles. The molecule has 0 bridgehead atoms. The molecule has 1 aromatic carbocycles. The molecule has 1 aliphatic rings. The van der Waals surface area contributed by atoms with Gasteiger partial charge in [-0.3, -0.25) is 0 Å². The van der Waals surface area contributed by atoms with E-state index in [0.29, 0.717) is 0 Å². The second-order valence-corrected chi connectivity index (χ2v) is 4.56. The van der Waals surface area contributed by atoms with Gasteiger partial charge >= 0.3 is 0 Å². The highest BCUT2D eigenvalue weighted by molar-refractivity contribution is 9.09. The summed E-state index contributed by atoms with van der Waals surface area (Å²) in [6.45, 7) is 0. The molecular weight excluding hydrogens is 239 g/mol. The van der Waals surface area contributed by atoms with Gasteiger partial charge in [0.2, 0.25) is 0 Å². The van der Waals surface area contributed by atoms with E-state index < -0.39 is 6.10 Å². The van der Waals surface area contributed by atoms with Crippen molar-refractivity contribution in [2.45, 2.75) is 17.4 Å². The molecule has 0 spiro atoms. The number of hydrogen-bond donors (Lipinski definition) is 1. The number of benzene rings is 1. The fourth-order valence-electron chi connectivity index (χ4n) is 1.57. The van der Waals surface area contributed by atoms with Crippen LogP contribution in [0.1, 0.15) is 17.2 Å². The first-order chi connectivity index (χ1) is 5.70. The third-order valence-electron chi connectivity index (χ3n) is 2.22. The number of fused-ring (bicyclic) bond motifs is 1. The lowest BCUT2D eigenvalue weighted by Gasteiger charge is -2.06. The van der Waals surface area contributed by atoms with Crippen LogP contribution in [-0.2, 0) is 6.42 Å². The molecule has 0 amide bonds. The summed E-state index contributed by atoms with van der Waals surface area (Å²) >= 11 is 9.38. The van der Waals surface area contributed by atoms with Crippen LogP contribution in [0.4, 0.5) is 0 Å². The van der Waals surface area contributed by atoms with Crippen molar-refractivity contribution in [2.24, 2.45) is 0 Å². The molecule has 0 heterocycles. The minimum absolute atomic E-state index is 0.118. The van der Waals surface area contributed by atoms with Crippen LogP contribution in [0.2, 0.25) is 5.02 Å². The lowest BCUT2D eigenvalue weighted by molar-refractivity contribution is 0.187. The predicted octanol–water partition coefficient (Wildman–Crippen LogP) is 2.69. The second kappa shape index (κ2) is 3.02. The lowest BCUT2D eigenvalue weighted by atomic mass is 10.1. The van der Waals surface area contributed by atoms with Gasteiger partial charge in [0.15, 0.2) is 0 Å². The summed E-state index contributed by atoms with van der Waals surface area (Å²) in [5, 5.41) is 10.4. The van der Waals surface area contributed by atoms with Crippen molar-refractivity contribution in [1.29, 1.82) is 0 Å². The molecule has 2 unspecified atom stereocenters. The zero-order valence-electron chi connectivity index (χ0n) is 6.30. The third-order valence-corrected chi connectivity index (χ3v) is 3.39. The summed E-state index contributed by atoms with van der Waals surface area (Å²) in [6.07, 6.45) is 0.412. The van der Waals surface area contributed by atoms with Crippen molar-refractivity contribution in [3.63, 3.8) is 0 Å². The lowest BCUT2D eigenvalue weighted by Crippen LogP contribution is -2.03. The van der Waals surface area contributed by atoms with Crippen molar-refractivity contribution in [2.75, 3.05) is 0 Å². The fourth-order valence-corrected chi connectivity index (χ4v) is 2.44. The Bertz CT molecular complexity index is 313. The van der Waals surface area contributed by atoms with E-state index in [4.69, 9.17) is 11.6 Å². The number of rotatable bonds is 0.